The molecule has 1 aromatic rings. The number of guanidine groups is 1. The number of hydrogen-bond donors (Lipinski definition) is 3. The van der Waals surface area contributed by atoms with Gasteiger partial charge in [-0.15, -0.1) is 0 Å². The molecular formula is C9H11FN4. The minimum Gasteiger partial charge on any atom is -0.399 e. The third-order valence-corrected chi connectivity index (χ3v) is 1.92. The van der Waals surface area contributed by atoms with Gasteiger partial charge < -0.3 is 16.4 Å². The van der Waals surface area contributed by atoms with Crippen LogP contribution >= 0.6 is 0 Å². The van der Waals surface area contributed by atoms with Gasteiger partial charge in [-0.3, -0.25) is 4.99 Å². The first-order chi connectivity index (χ1) is 6.75. The molecule has 1 aliphatic heterocycles. The van der Waals surface area contributed by atoms with Crippen molar-refractivity contribution in [2.75, 3.05) is 24.1 Å². The van der Waals surface area contributed by atoms with Gasteiger partial charge in [-0.1, -0.05) is 0 Å². The van der Waals surface area contributed by atoms with E-state index < -0.39 is 0 Å². The van der Waals surface area contributed by atoms with Gasteiger partial charge in [-0.2, -0.15) is 0 Å². The number of aliphatic imine (C=N–C) groups is 1. The van der Waals surface area contributed by atoms with E-state index in [2.05, 4.69) is 15.6 Å². The largest absolute Gasteiger partial charge is 0.399 e. The highest BCUT2D eigenvalue weighted by atomic mass is 19.1. The summed E-state index contributed by atoms with van der Waals surface area (Å²) in [5.74, 6) is 0.255. The van der Waals surface area contributed by atoms with Crippen molar-refractivity contribution >= 4 is 17.3 Å². The highest BCUT2D eigenvalue weighted by Crippen LogP contribution is 2.17. The second-order valence-corrected chi connectivity index (χ2v) is 3.02. The van der Waals surface area contributed by atoms with Crippen molar-refractivity contribution in [1.29, 1.82) is 0 Å². The molecule has 0 bridgehead atoms. The summed E-state index contributed by atoms with van der Waals surface area (Å²) in [5, 5.41) is 5.82. The fraction of sp³-hybridized carbons (Fsp3) is 0.222. The Morgan fingerprint density at radius 3 is 3.07 bits per heavy atom. The molecule has 0 saturated heterocycles. The zero-order valence-corrected chi connectivity index (χ0v) is 7.55. The monoisotopic (exact) mass is 194 g/mol. The number of halogens is 1. The van der Waals surface area contributed by atoms with Crippen LogP contribution in [0.3, 0.4) is 0 Å². The molecule has 1 aliphatic rings. The van der Waals surface area contributed by atoms with E-state index in [1.165, 1.54) is 18.2 Å². The predicted molar refractivity (Wildman–Crippen MR) is 54.7 cm³/mol. The maximum absolute atomic E-state index is 13.2. The van der Waals surface area contributed by atoms with Crippen LogP contribution in [0.15, 0.2) is 23.2 Å². The molecule has 0 amide bonds. The van der Waals surface area contributed by atoms with Crippen molar-refractivity contribution in [2.45, 2.75) is 0 Å². The van der Waals surface area contributed by atoms with Gasteiger partial charge >= 0.3 is 0 Å². The first kappa shape index (κ1) is 8.80. The molecule has 0 aliphatic carbocycles. The highest BCUT2D eigenvalue weighted by Gasteiger charge is 2.08. The van der Waals surface area contributed by atoms with Gasteiger partial charge in [0.15, 0.2) is 5.96 Å². The normalized spacial score (nSPS) is 14.8. The molecule has 0 radical (unpaired) electrons. The third-order valence-electron chi connectivity index (χ3n) is 1.92. The van der Waals surface area contributed by atoms with Crippen molar-refractivity contribution in [3.05, 3.63) is 24.0 Å². The molecule has 14 heavy (non-hydrogen) atoms. The summed E-state index contributed by atoms with van der Waals surface area (Å²) >= 11 is 0. The molecule has 1 aromatic carbocycles. The Morgan fingerprint density at radius 2 is 2.36 bits per heavy atom. The minimum absolute atomic E-state index is 0.337. The number of nitrogens with two attached hydrogens (primary N) is 1. The van der Waals surface area contributed by atoms with Crippen molar-refractivity contribution in [1.82, 2.24) is 5.32 Å². The Bertz CT molecular complexity index is 375. The van der Waals surface area contributed by atoms with Crippen LogP contribution in [0.4, 0.5) is 15.8 Å². The molecule has 4 N–H and O–H groups in total. The standard InChI is InChI=1S/C9H11FN4/c10-7-2-1-6(11)5-8(7)14-9-12-3-4-13-9/h1-2,5H,3-4,11H2,(H2,12,13,14). The van der Waals surface area contributed by atoms with Crippen LogP contribution in [0.1, 0.15) is 0 Å². The Balaban J connectivity index is 2.19. The maximum Gasteiger partial charge on any atom is 0.196 e. The number of rotatable bonds is 1. The molecule has 0 saturated carbocycles. The minimum atomic E-state index is -0.337. The first-order valence-corrected chi connectivity index (χ1v) is 4.36. The van der Waals surface area contributed by atoms with E-state index in [1.807, 2.05) is 0 Å². The summed E-state index contributed by atoms with van der Waals surface area (Å²) < 4.78 is 13.2. The Kier molecular flexibility index (Phi) is 2.22. The lowest BCUT2D eigenvalue weighted by molar-refractivity contribution is 0.632. The molecule has 0 aromatic heterocycles. The average Bonchev–Trinajstić information content (AvgIpc) is 2.64. The van der Waals surface area contributed by atoms with E-state index in [4.69, 9.17) is 5.73 Å². The van der Waals surface area contributed by atoms with Crippen LogP contribution in [0, 0.1) is 5.82 Å². The second-order valence-electron chi connectivity index (χ2n) is 3.02. The van der Waals surface area contributed by atoms with E-state index >= 15 is 0 Å². The van der Waals surface area contributed by atoms with Gasteiger partial charge in [0, 0.05) is 12.2 Å². The molecule has 4 nitrogen and oxygen atoms in total. The SMILES string of the molecule is Nc1ccc(F)c(NC2=NCCN2)c1. The molecular weight excluding hydrogens is 183 g/mol. The lowest BCUT2D eigenvalue weighted by atomic mass is 10.2. The zero-order valence-electron chi connectivity index (χ0n) is 7.55. The van der Waals surface area contributed by atoms with Crippen molar-refractivity contribution in [3.63, 3.8) is 0 Å². The summed E-state index contributed by atoms with van der Waals surface area (Å²) in [7, 11) is 0. The van der Waals surface area contributed by atoms with Crippen LogP contribution in [0.2, 0.25) is 0 Å². The van der Waals surface area contributed by atoms with E-state index in [9.17, 15) is 4.39 Å². The lowest BCUT2D eigenvalue weighted by Crippen LogP contribution is -2.26. The highest BCUT2D eigenvalue weighted by molar-refractivity contribution is 5.95. The van der Waals surface area contributed by atoms with E-state index in [-0.39, 0.29) is 5.82 Å². The van der Waals surface area contributed by atoms with E-state index in [0.29, 0.717) is 23.9 Å². The summed E-state index contributed by atoms with van der Waals surface area (Å²) in [6, 6.07) is 4.38. The Hall–Kier alpha value is -1.78. The van der Waals surface area contributed by atoms with E-state index in [1.54, 1.807) is 0 Å². The number of nitrogens with one attached hydrogen (secondary N) is 2. The molecule has 0 atom stereocenters. The summed E-state index contributed by atoms with van der Waals surface area (Å²) in [6.45, 7) is 1.50. The Labute approximate surface area is 81.0 Å². The molecule has 74 valence electrons. The predicted octanol–water partition coefficient (Wildman–Crippen LogP) is 0.779. The van der Waals surface area contributed by atoms with Gasteiger partial charge in [0.05, 0.1) is 12.2 Å². The smallest absolute Gasteiger partial charge is 0.196 e. The van der Waals surface area contributed by atoms with Crippen LogP contribution in [0.5, 0.6) is 0 Å². The summed E-state index contributed by atoms with van der Waals surface area (Å²) in [5.41, 5.74) is 6.40. The van der Waals surface area contributed by atoms with Gasteiger partial charge in [0.2, 0.25) is 0 Å². The van der Waals surface area contributed by atoms with Crippen LogP contribution in [0.25, 0.3) is 0 Å². The lowest BCUT2D eigenvalue weighted by Gasteiger charge is -2.07. The number of nitrogens with zero attached hydrogens (tertiary/aromatic N) is 1. The molecule has 1 heterocycles. The quantitative estimate of drug-likeness (QED) is 0.579. The van der Waals surface area contributed by atoms with Gasteiger partial charge in [-0.25, -0.2) is 4.39 Å². The zero-order chi connectivity index (χ0) is 9.97. The number of nitrogen functional groups attached to an aromatic ring is 1. The molecule has 0 fully saturated rings. The van der Waals surface area contributed by atoms with Crippen molar-refractivity contribution < 1.29 is 4.39 Å². The topological polar surface area (TPSA) is 62.4 Å². The van der Waals surface area contributed by atoms with Crippen molar-refractivity contribution in [2.24, 2.45) is 4.99 Å². The molecule has 5 heteroatoms. The fourth-order valence-corrected chi connectivity index (χ4v) is 1.25. The van der Waals surface area contributed by atoms with Gasteiger partial charge in [-0.05, 0) is 18.2 Å². The molecule has 2 rings (SSSR count). The third kappa shape index (κ3) is 1.76. The van der Waals surface area contributed by atoms with Crippen LogP contribution in [-0.2, 0) is 0 Å². The summed E-state index contributed by atoms with van der Waals surface area (Å²) in [4.78, 5) is 4.09. The second kappa shape index (κ2) is 3.53. The average molecular weight is 194 g/mol. The van der Waals surface area contributed by atoms with Crippen molar-refractivity contribution in [3.8, 4) is 0 Å². The number of hydrogen-bond acceptors (Lipinski definition) is 4. The fourth-order valence-electron chi connectivity index (χ4n) is 1.25. The molecule has 0 spiro atoms. The van der Waals surface area contributed by atoms with Crippen LogP contribution in [-0.4, -0.2) is 19.0 Å². The number of anilines is 2. The summed E-state index contributed by atoms with van der Waals surface area (Å²) in [6.07, 6.45) is 0. The van der Waals surface area contributed by atoms with Gasteiger partial charge in [0.25, 0.3) is 0 Å². The number of benzene rings is 1. The first-order valence-electron chi connectivity index (χ1n) is 4.36. The van der Waals surface area contributed by atoms with Gasteiger partial charge in [0.1, 0.15) is 5.82 Å². The Morgan fingerprint density at radius 1 is 1.50 bits per heavy atom. The van der Waals surface area contributed by atoms with Crippen LogP contribution < -0.4 is 16.4 Å². The van der Waals surface area contributed by atoms with E-state index in [0.717, 1.165) is 6.54 Å². The molecule has 0 unspecified atom stereocenters. The maximum atomic E-state index is 13.2.